The Kier molecular flexibility index (Phi) is 5.23. The molecule has 0 fully saturated rings. The number of amides is 3. The van der Waals surface area contributed by atoms with E-state index >= 15 is 0 Å². The highest BCUT2D eigenvalue weighted by Gasteiger charge is 2.15. The van der Waals surface area contributed by atoms with Crippen molar-refractivity contribution in [3.05, 3.63) is 65.3 Å². The third-order valence-electron chi connectivity index (χ3n) is 3.34. The van der Waals surface area contributed by atoms with E-state index in [0.29, 0.717) is 4.88 Å². The van der Waals surface area contributed by atoms with Gasteiger partial charge in [-0.15, -0.1) is 11.3 Å². The van der Waals surface area contributed by atoms with Crippen LogP contribution in [0.15, 0.2) is 54.6 Å². The van der Waals surface area contributed by atoms with Crippen LogP contribution in [0.1, 0.15) is 9.67 Å². The smallest absolute Gasteiger partial charge is 0.348 e. The summed E-state index contributed by atoms with van der Waals surface area (Å²) >= 11 is 1.25. The topological polar surface area (TPSA) is 84.5 Å². The first-order valence-electron chi connectivity index (χ1n) is 7.54. The minimum absolute atomic E-state index is 0.0694. The summed E-state index contributed by atoms with van der Waals surface area (Å²) < 4.78 is 19.2. The van der Waals surface area contributed by atoms with E-state index in [1.165, 1.54) is 35.6 Å². The highest BCUT2D eigenvalue weighted by Crippen LogP contribution is 2.25. The van der Waals surface area contributed by atoms with Crippen molar-refractivity contribution in [2.24, 2.45) is 0 Å². The van der Waals surface area contributed by atoms with Crippen LogP contribution in [0.5, 0.6) is 0 Å². The van der Waals surface area contributed by atoms with Gasteiger partial charge < -0.3 is 10.1 Å². The maximum atomic E-state index is 13.4. The quantitative estimate of drug-likeness (QED) is 0.686. The molecule has 0 radical (unpaired) electrons. The lowest BCUT2D eigenvalue weighted by Crippen LogP contribution is -2.37. The molecule has 8 heteroatoms. The number of halogens is 1. The van der Waals surface area contributed by atoms with Crippen molar-refractivity contribution in [3.8, 4) is 0 Å². The molecule has 0 bridgehead atoms. The van der Waals surface area contributed by atoms with Crippen LogP contribution in [0, 0.1) is 5.82 Å². The Bertz CT molecular complexity index is 953. The van der Waals surface area contributed by atoms with Gasteiger partial charge in [-0.25, -0.2) is 14.0 Å². The second kappa shape index (κ2) is 7.75. The number of rotatable bonds is 4. The van der Waals surface area contributed by atoms with Crippen LogP contribution >= 0.6 is 11.3 Å². The number of para-hydroxylation sites is 1. The van der Waals surface area contributed by atoms with E-state index in [1.807, 2.05) is 29.6 Å². The third kappa shape index (κ3) is 4.22. The Morgan fingerprint density at radius 2 is 1.77 bits per heavy atom. The van der Waals surface area contributed by atoms with Crippen LogP contribution < -0.4 is 10.6 Å². The number of nitrogens with one attached hydrogen (secondary N) is 2. The molecule has 6 nitrogen and oxygen atoms in total. The van der Waals surface area contributed by atoms with Crippen LogP contribution in [-0.2, 0) is 9.53 Å². The van der Waals surface area contributed by atoms with Crippen molar-refractivity contribution in [3.63, 3.8) is 0 Å². The highest BCUT2D eigenvalue weighted by molar-refractivity contribution is 7.20. The third-order valence-corrected chi connectivity index (χ3v) is 4.43. The minimum Gasteiger partial charge on any atom is -0.451 e. The lowest BCUT2D eigenvalue weighted by Gasteiger charge is -2.07. The average molecular weight is 372 g/mol. The molecule has 2 aromatic carbocycles. The van der Waals surface area contributed by atoms with Gasteiger partial charge >= 0.3 is 12.0 Å². The monoisotopic (exact) mass is 372 g/mol. The molecule has 2 N–H and O–H groups in total. The Hall–Kier alpha value is -3.26. The fraction of sp³-hybridized carbons (Fsp3) is 0.0556. The average Bonchev–Trinajstić information content (AvgIpc) is 3.06. The number of ether oxygens (including phenoxy) is 1. The highest BCUT2D eigenvalue weighted by atomic mass is 32.1. The summed E-state index contributed by atoms with van der Waals surface area (Å²) in [5, 5.41) is 5.05. The Labute approximate surface area is 151 Å². The molecule has 3 amide bonds. The summed E-state index contributed by atoms with van der Waals surface area (Å²) in [6.45, 7) is -0.627. The molecule has 1 aromatic heterocycles. The molecule has 132 valence electrons. The second-order valence-corrected chi connectivity index (χ2v) is 6.29. The molecule has 0 unspecified atom stereocenters. The summed E-state index contributed by atoms with van der Waals surface area (Å²) in [5.41, 5.74) is -0.0694. The van der Waals surface area contributed by atoms with Gasteiger partial charge in [0.05, 0.1) is 5.69 Å². The fourth-order valence-corrected chi connectivity index (χ4v) is 3.12. The number of carbonyl (C=O) groups excluding carboxylic acids is 3. The SMILES string of the molecule is O=C(COC(=O)c1cc2ccccc2s1)NC(=O)Nc1ccccc1F. The molecule has 26 heavy (non-hydrogen) atoms. The summed E-state index contributed by atoms with van der Waals surface area (Å²) in [7, 11) is 0. The van der Waals surface area contributed by atoms with Gasteiger partial charge in [-0.1, -0.05) is 30.3 Å². The lowest BCUT2D eigenvalue weighted by atomic mass is 10.2. The van der Waals surface area contributed by atoms with Gasteiger partial charge in [-0.05, 0) is 29.7 Å². The number of anilines is 1. The van der Waals surface area contributed by atoms with Gasteiger partial charge in [0.15, 0.2) is 6.61 Å². The maximum Gasteiger partial charge on any atom is 0.348 e. The Morgan fingerprint density at radius 3 is 2.54 bits per heavy atom. The van der Waals surface area contributed by atoms with E-state index in [0.717, 1.165) is 10.1 Å². The van der Waals surface area contributed by atoms with Gasteiger partial charge in [0.1, 0.15) is 10.7 Å². The zero-order valence-corrected chi connectivity index (χ0v) is 14.1. The molecule has 0 saturated carbocycles. The zero-order valence-electron chi connectivity index (χ0n) is 13.3. The van der Waals surface area contributed by atoms with Gasteiger partial charge in [0.25, 0.3) is 5.91 Å². The predicted molar refractivity (Wildman–Crippen MR) is 95.7 cm³/mol. The molecule has 0 aliphatic carbocycles. The van der Waals surface area contributed by atoms with Crippen molar-refractivity contribution >= 4 is 45.0 Å². The number of carbonyl (C=O) groups is 3. The van der Waals surface area contributed by atoms with Gasteiger partial charge in [-0.3, -0.25) is 10.1 Å². The van der Waals surface area contributed by atoms with E-state index in [2.05, 4.69) is 5.32 Å². The fourth-order valence-electron chi connectivity index (χ4n) is 2.16. The van der Waals surface area contributed by atoms with Crippen molar-refractivity contribution in [2.45, 2.75) is 0 Å². The molecule has 0 spiro atoms. The van der Waals surface area contributed by atoms with E-state index in [-0.39, 0.29) is 5.69 Å². The Balaban J connectivity index is 1.51. The van der Waals surface area contributed by atoms with Crippen LogP contribution in [0.3, 0.4) is 0 Å². The normalized spacial score (nSPS) is 10.3. The van der Waals surface area contributed by atoms with Crippen LogP contribution in [-0.4, -0.2) is 24.5 Å². The molecule has 3 rings (SSSR count). The summed E-state index contributed by atoms with van der Waals surface area (Å²) in [6.07, 6.45) is 0. The molecule has 1 heterocycles. The van der Waals surface area contributed by atoms with E-state index in [4.69, 9.17) is 4.74 Å². The number of urea groups is 1. The first-order valence-corrected chi connectivity index (χ1v) is 8.35. The number of hydrogen-bond donors (Lipinski definition) is 2. The van der Waals surface area contributed by atoms with Crippen LogP contribution in [0.4, 0.5) is 14.9 Å². The number of fused-ring (bicyclic) bond motifs is 1. The van der Waals surface area contributed by atoms with E-state index < -0.39 is 30.3 Å². The second-order valence-electron chi connectivity index (χ2n) is 5.21. The molecule has 0 aliphatic rings. The molecular formula is C18H13FN2O4S. The minimum atomic E-state index is -0.919. The molecule has 0 atom stereocenters. The summed E-state index contributed by atoms with van der Waals surface area (Å²) in [6, 6.07) is 13.7. The predicted octanol–water partition coefficient (Wildman–Crippen LogP) is 3.55. The molecular weight excluding hydrogens is 359 g/mol. The largest absolute Gasteiger partial charge is 0.451 e. The number of imide groups is 1. The van der Waals surface area contributed by atoms with Crippen molar-refractivity contribution in [1.29, 1.82) is 0 Å². The van der Waals surface area contributed by atoms with Gasteiger partial charge in [0.2, 0.25) is 0 Å². The number of hydrogen-bond acceptors (Lipinski definition) is 5. The molecule has 3 aromatic rings. The van der Waals surface area contributed by atoms with Crippen molar-refractivity contribution in [2.75, 3.05) is 11.9 Å². The van der Waals surface area contributed by atoms with Gasteiger partial charge in [0, 0.05) is 4.70 Å². The molecule has 0 aliphatic heterocycles. The first kappa shape index (κ1) is 17.6. The van der Waals surface area contributed by atoms with Gasteiger partial charge in [-0.2, -0.15) is 0 Å². The maximum absolute atomic E-state index is 13.4. The van der Waals surface area contributed by atoms with Crippen molar-refractivity contribution in [1.82, 2.24) is 5.32 Å². The van der Waals surface area contributed by atoms with E-state index in [1.54, 1.807) is 6.07 Å². The molecule has 0 saturated heterocycles. The number of thiophene rings is 1. The number of esters is 1. The summed E-state index contributed by atoms with van der Waals surface area (Å²) in [5.74, 6) is -2.12. The van der Waals surface area contributed by atoms with Crippen molar-refractivity contribution < 1.29 is 23.5 Å². The Morgan fingerprint density at radius 1 is 1.04 bits per heavy atom. The first-order chi connectivity index (χ1) is 12.5. The zero-order chi connectivity index (χ0) is 18.5. The number of benzene rings is 2. The standard InChI is InChI=1S/C18H13FN2O4S/c19-12-6-2-3-7-13(12)20-18(24)21-16(22)10-25-17(23)15-9-11-5-1-4-8-14(11)26-15/h1-9H,10H2,(H2,20,21,22,24). The van der Waals surface area contributed by atoms with Crippen LogP contribution in [0.25, 0.3) is 10.1 Å². The van der Waals surface area contributed by atoms with E-state index in [9.17, 15) is 18.8 Å². The summed E-state index contributed by atoms with van der Waals surface area (Å²) in [4.78, 5) is 35.7. The lowest BCUT2D eigenvalue weighted by molar-refractivity contribution is -0.123. The van der Waals surface area contributed by atoms with Crippen LogP contribution in [0.2, 0.25) is 0 Å².